The molecule has 2 rings (SSSR count). The maximum Gasteiger partial charge on any atom is 0.262 e. The van der Waals surface area contributed by atoms with E-state index in [4.69, 9.17) is 10.5 Å². The number of piperidine rings is 1. The molecule has 1 aliphatic heterocycles. The van der Waals surface area contributed by atoms with E-state index >= 15 is 0 Å². The van der Waals surface area contributed by atoms with Gasteiger partial charge in [0.1, 0.15) is 6.04 Å². The summed E-state index contributed by atoms with van der Waals surface area (Å²) in [4.78, 5) is 27.7. The Hall–Kier alpha value is -1.44. The van der Waals surface area contributed by atoms with Gasteiger partial charge in [-0.25, -0.2) is 0 Å². The van der Waals surface area contributed by atoms with Gasteiger partial charge in [0.25, 0.3) is 5.91 Å². The zero-order chi connectivity index (χ0) is 18.2. The summed E-state index contributed by atoms with van der Waals surface area (Å²) in [6.45, 7) is 6.58. The maximum atomic E-state index is 12.9. The molecule has 1 unspecified atom stereocenters. The van der Waals surface area contributed by atoms with Gasteiger partial charge in [0, 0.05) is 19.7 Å². The Bertz CT molecular complexity index is 540. The smallest absolute Gasteiger partial charge is 0.262 e. The fraction of sp³-hybridized carbons (Fsp3) is 0.667. The highest BCUT2D eigenvalue weighted by Crippen LogP contribution is 2.17. The topological polar surface area (TPSA) is 84.7 Å². The Morgan fingerprint density at radius 3 is 2.68 bits per heavy atom. The number of carbonyl (C=O) groups is 2. The first-order chi connectivity index (χ1) is 12.0. The largest absolute Gasteiger partial charge is 0.378 e. The van der Waals surface area contributed by atoms with Crippen molar-refractivity contribution in [3.63, 3.8) is 0 Å². The van der Waals surface area contributed by atoms with Crippen molar-refractivity contribution in [2.24, 2.45) is 11.7 Å². The average molecular weight is 368 g/mol. The van der Waals surface area contributed by atoms with Gasteiger partial charge in [0.15, 0.2) is 0 Å². The van der Waals surface area contributed by atoms with Crippen molar-refractivity contribution in [2.75, 3.05) is 26.2 Å². The van der Waals surface area contributed by atoms with Crippen LogP contribution in [0.25, 0.3) is 0 Å². The normalized spacial score (nSPS) is 16.9. The van der Waals surface area contributed by atoms with E-state index in [1.54, 1.807) is 6.07 Å². The zero-order valence-electron chi connectivity index (χ0n) is 15.1. The third-order valence-corrected chi connectivity index (χ3v) is 5.29. The van der Waals surface area contributed by atoms with E-state index in [1.165, 1.54) is 11.3 Å². The van der Waals surface area contributed by atoms with Gasteiger partial charge in [-0.05, 0) is 43.2 Å². The number of nitrogens with zero attached hydrogens (tertiary/aromatic N) is 1. The number of hydrogen-bond acceptors (Lipinski definition) is 5. The van der Waals surface area contributed by atoms with Crippen molar-refractivity contribution in [2.45, 2.75) is 45.3 Å². The molecule has 1 aromatic rings. The Morgan fingerprint density at radius 1 is 1.40 bits per heavy atom. The van der Waals surface area contributed by atoms with Crippen LogP contribution in [0.4, 0.5) is 0 Å². The molecule has 1 aromatic heterocycles. The van der Waals surface area contributed by atoms with Gasteiger partial charge < -0.3 is 20.7 Å². The molecule has 2 heterocycles. The third-order valence-electron chi connectivity index (χ3n) is 4.42. The predicted octanol–water partition coefficient (Wildman–Crippen LogP) is 1.86. The molecule has 1 aliphatic rings. The summed E-state index contributed by atoms with van der Waals surface area (Å²) in [6.07, 6.45) is 2.73. The lowest BCUT2D eigenvalue weighted by Gasteiger charge is -2.35. The zero-order valence-corrected chi connectivity index (χ0v) is 15.9. The first-order valence-electron chi connectivity index (χ1n) is 8.97. The van der Waals surface area contributed by atoms with E-state index in [1.807, 2.05) is 30.2 Å². The van der Waals surface area contributed by atoms with E-state index in [0.717, 1.165) is 19.3 Å². The van der Waals surface area contributed by atoms with Crippen molar-refractivity contribution >= 4 is 23.2 Å². The number of amides is 2. The molecule has 2 amide bonds. The Kier molecular flexibility index (Phi) is 7.87. The second-order valence-electron chi connectivity index (χ2n) is 6.71. The lowest BCUT2D eigenvalue weighted by Crippen LogP contribution is -2.53. The molecule has 3 N–H and O–H groups in total. The molecular formula is C18H29N3O3S. The standard InChI is InChI=1S/C18H29N3O3S/c1-13(2)16(20-17(22)15-5-3-12-25-15)18(23)21-9-6-14(7-10-21)24-11-4-8-19/h3,5,12-14,16H,4,6-11,19H2,1-2H3,(H,20,22). The first kappa shape index (κ1) is 19.9. The van der Waals surface area contributed by atoms with E-state index < -0.39 is 6.04 Å². The summed E-state index contributed by atoms with van der Waals surface area (Å²) < 4.78 is 5.79. The van der Waals surface area contributed by atoms with Crippen LogP contribution in [0.3, 0.4) is 0 Å². The van der Waals surface area contributed by atoms with Crippen LogP contribution in [0.15, 0.2) is 17.5 Å². The quantitative estimate of drug-likeness (QED) is 0.687. The van der Waals surface area contributed by atoms with E-state index in [0.29, 0.717) is 31.1 Å². The van der Waals surface area contributed by atoms with E-state index in [9.17, 15) is 9.59 Å². The van der Waals surface area contributed by atoms with Gasteiger partial charge in [-0.3, -0.25) is 9.59 Å². The third kappa shape index (κ3) is 5.80. The van der Waals surface area contributed by atoms with E-state index in [2.05, 4.69) is 5.32 Å². The van der Waals surface area contributed by atoms with Crippen molar-refractivity contribution in [1.82, 2.24) is 10.2 Å². The highest BCUT2D eigenvalue weighted by Gasteiger charge is 2.31. The molecule has 0 saturated carbocycles. The van der Waals surface area contributed by atoms with Gasteiger partial charge >= 0.3 is 0 Å². The SMILES string of the molecule is CC(C)C(NC(=O)c1cccs1)C(=O)N1CCC(OCCCN)CC1. The summed E-state index contributed by atoms with van der Waals surface area (Å²) in [7, 11) is 0. The highest BCUT2D eigenvalue weighted by atomic mass is 32.1. The van der Waals surface area contributed by atoms with Crippen LogP contribution >= 0.6 is 11.3 Å². The number of ether oxygens (including phenoxy) is 1. The fourth-order valence-corrected chi connectivity index (χ4v) is 3.53. The second-order valence-corrected chi connectivity index (χ2v) is 7.66. The molecule has 0 bridgehead atoms. The minimum Gasteiger partial charge on any atom is -0.378 e. The van der Waals surface area contributed by atoms with Crippen molar-refractivity contribution in [3.8, 4) is 0 Å². The van der Waals surface area contributed by atoms with Crippen LogP contribution < -0.4 is 11.1 Å². The Morgan fingerprint density at radius 2 is 2.12 bits per heavy atom. The van der Waals surface area contributed by atoms with Crippen LogP contribution in [-0.4, -0.2) is 55.1 Å². The summed E-state index contributed by atoms with van der Waals surface area (Å²) in [5.41, 5.74) is 5.48. The molecule has 6 nitrogen and oxygen atoms in total. The van der Waals surface area contributed by atoms with Crippen molar-refractivity contribution < 1.29 is 14.3 Å². The number of nitrogens with two attached hydrogens (primary N) is 1. The van der Waals surface area contributed by atoms with E-state index in [-0.39, 0.29) is 23.8 Å². The lowest BCUT2D eigenvalue weighted by atomic mass is 10.00. The molecule has 1 fully saturated rings. The summed E-state index contributed by atoms with van der Waals surface area (Å²) in [5.74, 6) is -0.141. The number of thiophene rings is 1. The number of carbonyl (C=O) groups excluding carboxylic acids is 2. The summed E-state index contributed by atoms with van der Waals surface area (Å²) in [5, 5.41) is 4.76. The van der Waals surface area contributed by atoms with Gasteiger partial charge in [0.05, 0.1) is 11.0 Å². The van der Waals surface area contributed by atoms with Crippen LogP contribution in [0.2, 0.25) is 0 Å². The molecule has 0 aliphatic carbocycles. The Labute approximate surface area is 153 Å². The molecule has 0 aromatic carbocycles. The minimum atomic E-state index is -0.496. The first-order valence-corrected chi connectivity index (χ1v) is 9.85. The van der Waals surface area contributed by atoms with Crippen molar-refractivity contribution in [1.29, 1.82) is 0 Å². The molecular weight excluding hydrogens is 338 g/mol. The summed E-state index contributed by atoms with van der Waals surface area (Å²) >= 11 is 1.38. The van der Waals surface area contributed by atoms with Gasteiger partial charge in [0.2, 0.25) is 5.91 Å². The van der Waals surface area contributed by atoms with Crippen LogP contribution in [0, 0.1) is 5.92 Å². The van der Waals surface area contributed by atoms with Crippen molar-refractivity contribution in [3.05, 3.63) is 22.4 Å². The average Bonchev–Trinajstić information content (AvgIpc) is 3.14. The predicted molar refractivity (Wildman–Crippen MR) is 99.6 cm³/mol. The molecule has 25 heavy (non-hydrogen) atoms. The molecule has 1 saturated heterocycles. The molecule has 0 spiro atoms. The lowest BCUT2D eigenvalue weighted by molar-refractivity contribution is -0.137. The number of rotatable bonds is 8. The fourth-order valence-electron chi connectivity index (χ4n) is 2.91. The van der Waals surface area contributed by atoms with Gasteiger partial charge in [-0.15, -0.1) is 11.3 Å². The molecule has 0 radical (unpaired) electrons. The highest BCUT2D eigenvalue weighted by molar-refractivity contribution is 7.12. The minimum absolute atomic E-state index is 0.000291. The van der Waals surface area contributed by atoms with Gasteiger partial charge in [-0.2, -0.15) is 0 Å². The van der Waals surface area contributed by atoms with Crippen LogP contribution in [-0.2, 0) is 9.53 Å². The van der Waals surface area contributed by atoms with Gasteiger partial charge in [-0.1, -0.05) is 19.9 Å². The maximum absolute atomic E-state index is 12.9. The molecule has 140 valence electrons. The van der Waals surface area contributed by atoms with Crippen LogP contribution in [0.1, 0.15) is 42.8 Å². The summed E-state index contributed by atoms with van der Waals surface area (Å²) in [6, 6.07) is 3.11. The second kappa shape index (κ2) is 9.89. The monoisotopic (exact) mass is 367 g/mol. The molecule has 7 heteroatoms. The number of likely N-dealkylation sites (tertiary alicyclic amines) is 1. The number of nitrogens with one attached hydrogen (secondary N) is 1. The molecule has 1 atom stereocenters. The van der Waals surface area contributed by atoms with Crippen LogP contribution in [0.5, 0.6) is 0 Å². The Balaban J connectivity index is 1.87. The number of hydrogen-bond donors (Lipinski definition) is 2.